The van der Waals surface area contributed by atoms with E-state index in [4.69, 9.17) is 0 Å². The minimum atomic E-state index is -0.366. The molecule has 0 spiro atoms. The normalized spacial score (nSPS) is 12.6. The van der Waals surface area contributed by atoms with E-state index in [2.05, 4.69) is 0 Å². The highest BCUT2D eigenvalue weighted by molar-refractivity contribution is 5.78. The largest absolute Gasteiger partial charge is 0.394 e. The Balaban J connectivity index is 4.62. The van der Waals surface area contributed by atoms with Crippen LogP contribution in [0.4, 0.5) is 0 Å². The SMILES string of the molecule is CC(C)N(C(=O)CN(C)C(C)(C)CO)C(C)C. The third-order valence-electron chi connectivity index (χ3n) is 3.19. The summed E-state index contributed by atoms with van der Waals surface area (Å²) in [5.74, 6) is 0.110. The van der Waals surface area contributed by atoms with Gasteiger partial charge < -0.3 is 10.0 Å². The quantitative estimate of drug-likeness (QED) is 0.766. The Kier molecular flexibility index (Phi) is 6.13. The number of hydrogen-bond acceptors (Lipinski definition) is 3. The maximum Gasteiger partial charge on any atom is 0.237 e. The van der Waals surface area contributed by atoms with Crippen LogP contribution in [-0.2, 0) is 4.79 Å². The van der Waals surface area contributed by atoms with Gasteiger partial charge in [-0.1, -0.05) is 0 Å². The molecule has 0 saturated heterocycles. The van der Waals surface area contributed by atoms with Crippen molar-refractivity contribution in [1.82, 2.24) is 9.80 Å². The summed E-state index contributed by atoms with van der Waals surface area (Å²) < 4.78 is 0. The zero-order valence-electron chi connectivity index (χ0n) is 12.3. The summed E-state index contributed by atoms with van der Waals surface area (Å²) in [4.78, 5) is 16.0. The predicted molar refractivity (Wildman–Crippen MR) is 70.9 cm³/mol. The number of hydrogen-bond donors (Lipinski definition) is 1. The second-order valence-electron chi connectivity index (χ2n) is 5.82. The van der Waals surface area contributed by atoms with E-state index >= 15 is 0 Å². The molecule has 102 valence electrons. The van der Waals surface area contributed by atoms with Crippen molar-refractivity contribution >= 4 is 5.91 Å². The summed E-state index contributed by atoms with van der Waals surface area (Å²) in [6, 6.07) is 0.404. The van der Waals surface area contributed by atoms with Gasteiger partial charge in [0, 0.05) is 17.6 Å². The Morgan fingerprint density at radius 2 is 1.59 bits per heavy atom. The number of aliphatic hydroxyl groups excluding tert-OH is 1. The zero-order chi connectivity index (χ0) is 13.8. The van der Waals surface area contributed by atoms with Gasteiger partial charge in [-0.25, -0.2) is 0 Å². The van der Waals surface area contributed by atoms with Gasteiger partial charge in [0.15, 0.2) is 0 Å². The fourth-order valence-corrected chi connectivity index (χ4v) is 1.79. The number of aliphatic hydroxyl groups is 1. The first-order valence-corrected chi connectivity index (χ1v) is 6.26. The van der Waals surface area contributed by atoms with Gasteiger partial charge in [-0.05, 0) is 48.6 Å². The highest BCUT2D eigenvalue weighted by Gasteiger charge is 2.27. The second kappa shape index (κ2) is 6.36. The van der Waals surface area contributed by atoms with Crippen LogP contribution >= 0.6 is 0 Å². The molecule has 1 N–H and O–H groups in total. The molecular formula is C13H28N2O2. The number of amides is 1. The van der Waals surface area contributed by atoms with Crippen LogP contribution in [0.5, 0.6) is 0 Å². The third-order valence-corrected chi connectivity index (χ3v) is 3.19. The predicted octanol–water partition coefficient (Wildman–Crippen LogP) is 1.33. The molecule has 0 heterocycles. The topological polar surface area (TPSA) is 43.8 Å². The smallest absolute Gasteiger partial charge is 0.237 e. The van der Waals surface area contributed by atoms with Crippen LogP contribution in [-0.4, -0.2) is 58.6 Å². The lowest BCUT2D eigenvalue weighted by Gasteiger charge is -2.37. The molecule has 0 fully saturated rings. The van der Waals surface area contributed by atoms with E-state index in [0.29, 0.717) is 6.54 Å². The molecule has 0 bridgehead atoms. The van der Waals surface area contributed by atoms with Gasteiger partial charge in [-0.15, -0.1) is 0 Å². The molecule has 4 heteroatoms. The summed E-state index contributed by atoms with van der Waals surface area (Å²) in [6.07, 6.45) is 0. The van der Waals surface area contributed by atoms with Crippen molar-refractivity contribution in [2.75, 3.05) is 20.2 Å². The number of likely N-dealkylation sites (N-methyl/N-ethyl adjacent to an activating group) is 1. The highest BCUT2D eigenvalue weighted by atomic mass is 16.3. The first-order chi connectivity index (χ1) is 7.63. The lowest BCUT2D eigenvalue weighted by molar-refractivity contribution is -0.137. The molecule has 0 aliphatic carbocycles. The number of carbonyl (C=O) groups excluding carboxylic acids is 1. The van der Waals surface area contributed by atoms with Crippen molar-refractivity contribution in [3.8, 4) is 0 Å². The second-order valence-corrected chi connectivity index (χ2v) is 5.82. The standard InChI is InChI=1S/C13H28N2O2/c1-10(2)15(11(3)4)12(17)8-14(7)13(5,6)9-16/h10-11,16H,8-9H2,1-7H3. The molecule has 1 amide bonds. The van der Waals surface area contributed by atoms with Gasteiger partial charge in [0.2, 0.25) is 5.91 Å². The Hall–Kier alpha value is -0.610. The van der Waals surface area contributed by atoms with E-state index in [1.807, 2.05) is 58.4 Å². The van der Waals surface area contributed by atoms with Crippen LogP contribution in [0, 0.1) is 0 Å². The van der Waals surface area contributed by atoms with Gasteiger partial charge in [0.05, 0.1) is 13.2 Å². The van der Waals surface area contributed by atoms with Gasteiger partial charge in [0.1, 0.15) is 0 Å². The van der Waals surface area contributed by atoms with E-state index in [0.717, 1.165) is 0 Å². The maximum atomic E-state index is 12.2. The van der Waals surface area contributed by atoms with Gasteiger partial charge in [0.25, 0.3) is 0 Å². The lowest BCUT2D eigenvalue weighted by atomic mass is 10.1. The van der Waals surface area contributed by atoms with Crippen molar-refractivity contribution in [1.29, 1.82) is 0 Å². The molecule has 0 rings (SSSR count). The van der Waals surface area contributed by atoms with Crippen molar-refractivity contribution in [2.24, 2.45) is 0 Å². The summed E-state index contributed by atoms with van der Waals surface area (Å²) in [7, 11) is 1.87. The van der Waals surface area contributed by atoms with Crippen LogP contribution in [0.3, 0.4) is 0 Å². The Bertz CT molecular complexity index is 242. The molecule has 0 aliphatic heterocycles. The molecule has 0 radical (unpaired) electrons. The van der Waals surface area contributed by atoms with E-state index in [1.165, 1.54) is 0 Å². The molecule has 0 aromatic rings. The molecule has 0 aromatic heterocycles. The van der Waals surface area contributed by atoms with Crippen molar-refractivity contribution < 1.29 is 9.90 Å². The highest BCUT2D eigenvalue weighted by Crippen LogP contribution is 2.13. The van der Waals surface area contributed by atoms with Crippen molar-refractivity contribution in [2.45, 2.75) is 59.2 Å². The first kappa shape index (κ1) is 16.4. The Morgan fingerprint density at radius 1 is 1.18 bits per heavy atom. The minimum absolute atomic E-state index is 0.0418. The monoisotopic (exact) mass is 244 g/mol. The molecule has 4 nitrogen and oxygen atoms in total. The van der Waals surface area contributed by atoms with E-state index in [1.54, 1.807) is 0 Å². The zero-order valence-corrected chi connectivity index (χ0v) is 12.3. The Labute approximate surface area is 106 Å². The van der Waals surface area contributed by atoms with Crippen molar-refractivity contribution in [3.05, 3.63) is 0 Å². The minimum Gasteiger partial charge on any atom is -0.394 e. The lowest BCUT2D eigenvalue weighted by Crippen LogP contribution is -2.52. The maximum absolute atomic E-state index is 12.2. The number of carbonyl (C=O) groups is 1. The fraction of sp³-hybridized carbons (Fsp3) is 0.923. The van der Waals surface area contributed by atoms with Crippen molar-refractivity contribution in [3.63, 3.8) is 0 Å². The fourth-order valence-electron chi connectivity index (χ4n) is 1.79. The van der Waals surface area contributed by atoms with E-state index in [9.17, 15) is 9.90 Å². The van der Waals surface area contributed by atoms with E-state index in [-0.39, 0.29) is 30.1 Å². The van der Waals surface area contributed by atoms with Crippen LogP contribution in [0.15, 0.2) is 0 Å². The van der Waals surface area contributed by atoms with Crippen LogP contribution in [0.25, 0.3) is 0 Å². The van der Waals surface area contributed by atoms with Gasteiger partial charge >= 0.3 is 0 Å². The van der Waals surface area contributed by atoms with E-state index < -0.39 is 0 Å². The molecule has 0 saturated carbocycles. The van der Waals surface area contributed by atoms with Gasteiger partial charge in [-0.3, -0.25) is 9.69 Å². The number of rotatable bonds is 6. The average molecular weight is 244 g/mol. The molecule has 0 unspecified atom stereocenters. The number of nitrogens with zero attached hydrogens (tertiary/aromatic N) is 2. The molecule has 17 heavy (non-hydrogen) atoms. The first-order valence-electron chi connectivity index (χ1n) is 6.26. The summed E-state index contributed by atoms with van der Waals surface area (Å²) in [6.45, 7) is 12.3. The molecule has 0 atom stereocenters. The van der Waals surface area contributed by atoms with Crippen LogP contribution in [0.1, 0.15) is 41.5 Å². The molecular weight excluding hydrogens is 216 g/mol. The summed E-state index contributed by atoms with van der Waals surface area (Å²) >= 11 is 0. The Morgan fingerprint density at radius 3 is 1.88 bits per heavy atom. The summed E-state index contributed by atoms with van der Waals surface area (Å²) in [5, 5.41) is 9.27. The van der Waals surface area contributed by atoms with Gasteiger partial charge in [-0.2, -0.15) is 0 Å². The van der Waals surface area contributed by atoms with Crippen LogP contribution < -0.4 is 0 Å². The molecule has 0 aromatic carbocycles. The van der Waals surface area contributed by atoms with Crippen LogP contribution in [0.2, 0.25) is 0 Å². The summed E-state index contributed by atoms with van der Waals surface area (Å²) in [5.41, 5.74) is -0.366. The average Bonchev–Trinajstić information content (AvgIpc) is 2.15. The molecule has 0 aliphatic rings. The third kappa shape index (κ3) is 4.64.